The van der Waals surface area contributed by atoms with Crippen molar-refractivity contribution in [1.82, 2.24) is 10.7 Å². The summed E-state index contributed by atoms with van der Waals surface area (Å²) in [5.41, 5.74) is 3.48. The molecule has 0 spiro atoms. The molecule has 2 rings (SSSR count). The molecule has 0 aliphatic carbocycles. The topological polar surface area (TPSA) is 49.6 Å². The second-order valence-corrected chi connectivity index (χ2v) is 5.00. The Kier molecular flexibility index (Phi) is 5.00. The molecule has 2 aromatic rings. The van der Waals surface area contributed by atoms with Gasteiger partial charge >= 0.3 is 0 Å². The number of nitrogens with one attached hydrogen (secondary N) is 2. The van der Waals surface area contributed by atoms with Gasteiger partial charge in [0.1, 0.15) is 11.5 Å². The minimum atomic E-state index is 0.428. The molecule has 0 saturated carbocycles. The number of rotatable bonds is 3. The number of furan rings is 1. The fraction of sp³-hybridized carbons (Fsp3) is 0.0769. The number of thiocarbonyl (C=S) groups is 1. The van der Waals surface area contributed by atoms with Gasteiger partial charge in [0, 0.05) is 12.6 Å². The van der Waals surface area contributed by atoms with Gasteiger partial charge in [-0.05, 0) is 42.5 Å². The van der Waals surface area contributed by atoms with Gasteiger partial charge in [-0.2, -0.15) is 5.10 Å². The van der Waals surface area contributed by atoms with Gasteiger partial charge in [0.05, 0.1) is 16.3 Å². The van der Waals surface area contributed by atoms with E-state index in [0.717, 1.165) is 5.56 Å². The van der Waals surface area contributed by atoms with Crippen LogP contribution < -0.4 is 10.7 Å². The summed E-state index contributed by atoms with van der Waals surface area (Å²) in [5.74, 6) is 1.28. The molecule has 20 heavy (non-hydrogen) atoms. The van der Waals surface area contributed by atoms with E-state index in [2.05, 4.69) is 15.8 Å². The highest BCUT2D eigenvalue weighted by molar-refractivity contribution is 7.80. The summed E-state index contributed by atoms with van der Waals surface area (Å²) in [5, 5.41) is 8.09. The molecular weight excluding hydrogens is 317 g/mol. The number of benzene rings is 1. The van der Waals surface area contributed by atoms with Gasteiger partial charge in [-0.3, -0.25) is 5.43 Å². The molecule has 0 unspecified atom stereocenters. The zero-order valence-corrected chi connectivity index (χ0v) is 12.8. The molecule has 0 fully saturated rings. The third kappa shape index (κ3) is 3.72. The molecule has 2 N–H and O–H groups in total. The summed E-state index contributed by atoms with van der Waals surface area (Å²) in [6.07, 6.45) is 1.53. The lowest BCUT2D eigenvalue weighted by molar-refractivity contribution is 0.574. The first-order valence-corrected chi connectivity index (χ1v) is 6.82. The Bertz CT molecular complexity index is 655. The van der Waals surface area contributed by atoms with Crippen LogP contribution in [0.25, 0.3) is 11.3 Å². The van der Waals surface area contributed by atoms with Crippen molar-refractivity contribution in [2.75, 3.05) is 7.05 Å². The summed E-state index contributed by atoms with van der Waals surface area (Å²) < 4.78 is 5.63. The van der Waals surface area contributed by atoms with Gasteiger partial charge in [-0.25, -0.2) is 0 Å². The lowest BCUT2D eigenvalue weighted by Gasteiger charge is -2.00. The Hall–Kier alpha value is -1.56. The van der Waals surface area contributed by atoms with Crippen LogP contribution in [0.4, 0.5) is 0 Å². The molecular formula is C13H11Cl2N3OS. The van der Waals surface area contributed by atoms with Crippen LogP contribution in [-0.2, 0) is 0 Å². The SMILES string of the molecule is CNC(=S)NN=Cc1ccc(-c2ccc(Cl)c(Cl)c2)o1. The van der Waals surface area contributed by atoms with Crippen molar-refractivity contribution in [3.05, 3.63) is 46.1 Å². The summed E-state index contributed by atoms with van der Waals surface area (Å²) >= 11 is 16.7. The quantitative estimate of drug-likeness (QED) is 0.513. The normalized spacial score (nSPS) is 10.8. The summed E-state index contributed by atoms with van der Waals surface area (Å²) in [6, 6.07) is 8.94. The molecule has 1 heterocycles. The molecule has 0 atom stereocenters. The molecule has 104 valence electrons. The first kappa shape index (κ1) is 14.8. The maximum absolute atomic E-state index is 5.97. The number of hydrogen-bond acceptors (Lipinski definition) is 3. The van der Waals surface area contributed by atoms with Crippen LogP contribution in [0.2, 0.25) is 10.0 Å². The Labute approximate surface area is 131 Å². The molecule has 0 amide bonds. The number of nitrogens with zero attached hydrogens (tertiary/aromatic N) is 1. The molecule has 1 aromatic carbocycles. The summed E-state index contributed by atoms with van der Waals surface area (Å²) in [4.78, 5) is 0. The summed E-state index contributed by atoms with van der Waals surface area (Å²) in [6.45, 7) is 0. The van der Waals surface area contributed by atoms with E-state index in [-0.39, 0.29) is 0 Å². The van der Waals surface area contributed by atoms with Crippen LogP contribution in [0.1, 0.15) is 5.76 Å². The van der Waals surface area contributed by atoms with E-state index in [1.165, 1.54) is 6.21 Å². The molecule has 0 bridgehead atoms. The third-order valence-electron chi connectivity index (χ3n) is 2.42. The van der Waals surface area contributed by atoms with Crippen molar-refractivity contribution in [3.63, 3.8) is 0 Å². The van der Waals surface area contributed by atoms with Gasteiger partial charge < -0.3 is 9.73 Å². The molecule has 0 aliphatic rings. The number of hydrazone groups is 1. The monoisotopic (exact) mass is 327 g/mol. The van der Waals surface area contributed by atoms with Gasteiger partial charge in [-0.15, -0.1) is 0 Å². The highest BCUT2D eigenvalue weighted by atomic mass is 35.5. The van der Waals surface area contributed by atoms with E-state index in [9.17, 15) is 0 Å². The second-order valence-electron chi connectivity index (χ2n) is 3.78. The average molecular weight is 328 g/mol. The van der Waals surface area contributed by atoms with Crippen LogP contribution in [0.15, 0.2) is 39.9 Å². The van der Waals surface area contributed by atoms with E-state index < -0.39 is 0 Å². The van der Waals surface area contributed by atoms with E-state index in [4.69, 9.17) is 39.8 Å². The van der Waals surface area contributed by atoms with Crippen LogP contribution in [0.5, 0.6) is 0 Å². The molecule has 4 nitrogen and oxygen atoms in total. The maximum atomic E-state index is 5.97. The van der Waals surface area contributed by atoms with Crippen molar-refractivity contribution < 1.29 is 4.42 Å². The molecule has 0 saturated heterocycles. The van der Waals surface area contributed by atoms with Gasteiger partial charge in [0.2, 0.25) is 0 Å². The standard InChI is InChI=1S/C13H11Cl2N3OS/c1-16-13(20)18-17-7-9-3-5-12(19-9)8-2-4-10(14)11(15)6-8/h2-7H,1H3,(H2,16,18,20). The Morgan fingerprint density at radius 3 is 2.75 bits per heavy atom. The predicted octanol–water partition coefficient (Wildman–Crippen LogP) is 3.68. The zero-order valence-electron chi connectivity index (χ0n) is 10.5. The largest absolute Gasteiger partial charge is 0.455 e. The van der Waals surface area contributed by atoms with E-state index in [1.807, 2.05) is 12.1 Å². The third-order valence-corrected chi connectivity index (χ3v) is 3.45. The summed E-state index contributed by atoms with van der Waals surface area (Å²) in [7, 11) is 1.71. The minimum Gasteiger partial charge on any atom is -0.455 e. The molecule has 0 aliphatic heterocycles. The average Bonchev–Trinajstić information content (AvgIpc) is 2.90. The zero-order chi connectivity index (χ0) is 14.5. The van der Waals surface area contributed by atoms with Gasteiger partial charge in [0.15, 0.2) is 5.11 Å². The molecule has 1 aromatic heterocycles. The molecule has 7 heteroatoms. The van der Waals surface area contributed by atoms with Crippen molar-refractivity contribution in [2.45, 2.75) is 0 Å². The smallest absolute Gasteiger partial charge is 0.186 e. The number of halogens is 2. The number of hydrogen-bond donors (Lipinski definition) is 2. The van der Waals surface area contributed by atoms with Crippen LogP contribution >= 0.6 is 35.4 Å². The highest BCUT2D eigenvalue weighted by Crippen LogP contribution is 2.29. The van der Waals surface area contributed by atoms with Crippen molar-refractivity contribution in [1.29, 1.82) is 0 Å². The van der Waals surface area contributed by atoms with E-state index >= 15 is 0 Å². The fourth-order valence-electron chi connectivity index (χ4n) is 1.44. The van der Waals surface area contributed by atoms with Gasteiger partial charge in [-0.1, -0.05) is 23.2 Å². The Morgan fingerprint density at radius 1 is 1.25 bits per heavy atom. The lowest BCUT2D eigenvalue weighted by Crippen LogP contribution is -2.28. The minimum absolute atomic E-state index is 0.428. The maximum Gasteiger partial charge on any atom is 0.186 e. The highest BCUT2D eigenvalue weighted by Gasteiger charge is 2.06. The van der Waals surface area contributed by atoms with Crippen molar-refractivity contribution >= 4 is 46.7 Å². The first-order chi connectivity index (χ1) is 9.60. The second kappa shape index (κ2) is 6.74. The Balaban J connectivity index is 2.12. The Morgan fingerprint density at radius 2 is 2.05 bits per heavy atom. The lowest BCUT2D eigenvalue weighted by atomic mass is 10.2. The van der Waals surface area contributed by atoms with Crippen LogP contribution in [0.3, 0.4) is 0 Å². The fourth-order valence-corrected chi connectivity index (χ4v) is 1.79. The van der Waals surface area contributed by atoms with Crippen molar-refractivity contribution in [3.8, 4) is 11.3 Å². The molecule has 0 radical (unpaired) electrons. The predicted molar refractivity (Wildman–Crippen MR) is 86.6 cm³/mol. The van der Waals surface area contributed by atoms with Crippen LogP contribution in [0, 0.1) is 0 Å². The van der Waals surface area contributed by atoms with E-state index in [1.54, 1.807) is 25.2 Å². The first-order valence-electron chi connectivity index (χ1n) is 5.66. The van der Waals surface area contributed by atoms with Crippen LogP contribution in [-0.4, -0.2) is 18.4 Å². The van der Waals surface area contributed by atoms with Gasteiger partial charge in [0.25, 0.3) is 0 Å². The van der Waals surface area contributed by atoms with Crippen molar-refractivity contribution in [2.24, 2.45) is 5.10 Å². The van der Waals surface area contributed by atoms with E-state index in [0.29, 0.717) is 26.7 Å².